The predicted molar refractivity (Wildman–Crippen MR) is 58.6 cm³/mol. The fourth-order valence-corrected chi connectivity index (χ4v) is 1.87. The lowest BCUT2D eigenvalue weighted by Gasteiger charge is -2.11. The molecule has 1 aliphatic rings. The Hall–Kier alpha value is -0.870. The van der Waals surface area contributed by atoms with Crippen molar-refractivity contribution in [3.63, 3.8) is 0 Å². The van der Waals surface area contributed by atoms with Gasteiger partial charge in [-0.1, -0.05) is 6.92 Å². The molecule has 1 saturated heterocycles. The molecule has 2 heterocycles. The zero-order chi connectivity index (χ0) is 10.5. The molecule has 1 aromatic heterocycles. The van der Waals surface area contributed by atoms with Gasteiger partial charge in [0.1, 0.15) is 0 Å². The van der Waals surface area contributed by atoms with Crippen LogP contribution in [0.1, 0.15) is 25.5 Å². The van der Waals surface area contributed by atoms with Gasteiger partial charge >= 0.3 is 0 Å². The van der Waals surface area contributed by atoms with E-state index in [2.05, 4.69) is 28.1 Å². The minimum absolute atomic E-state index is 0.523. The minimum atomic E-state index is 0.523. The Morgan fingerprint density at radius 1 is 1.67 bits per heavy atom. The number of rotatable bonds is 5. The quantitative estimate of drug-likeness (QED) is 0.791. The van der Waals surface area contributed by atoms with Crippen LogP contribution >= 0.6 is 0 Å². The molecule has 1 fully saturated rings. The summed E-state index contributed by atoms with van der Waals surface area (Å²) in [6.45, 7) is 5.82. The summed E-state index contributed by atoms with van der Waals surface area (Å²) in [6.07, 6.45) is 4.13. The normalized spacial score (nSPS) is 21.0. The highest BCUT2D eigenvalue weighted by Gasteiger charge is 2.15. The highest BCUT2D eigenvalue weighted by Crippen LogP contribution is 2.06. The Morgan fingerprint density at radius 2 is 2.60 bits per heavy atom. The van der Waals surface area contributed by atoms with E-state index in [1.807, 2.05) is 6.20 Å². The van der Waals surface area contributed by atoms with E-state index in [-0.39, 0.29) is 0 Å². The first-order chi connectivity index (χ1) is 7.40. The zero-order valence-corrected chi connectivity index (χ0v) is 9.28. The molecule has 1 N–H and O–H groups in total. The first-order valence-corrected chi connectivity index (χ1v) is 5.72. The summed E-state index contributed by atoms with van der Waals surface area (Å²) in [6, 6.07) is 2.60. The van der Waals surface area contributed by atoms with E-state index in [0.717, 1.165) is 39.1 Å². The summed E-state index contributed by atoms with van der Waals surface area (Å²) in [7, 11) is 0. The lowest BCUT2D eigenvalue weighted by atomic mass is 10.2. The molecular formula is C11H19N3O. The Bertz CT molecular complexity index is 292. The van der Waals surface area contributed by atoms with E-state index in [1.54, 1.807) is 0 Å². The Labute approximate surface area is 90.6 Å². The molecule has 0 spiro atoms. The van der Waals surface area contributed by atoms with Crippen LogP contribution in [0.2, 0.25) is 0 Å². The Morgan fingerprint density at radius 3 is 3.33 bits per heavy atom. The van der Waals surface area contributed by atoms with E-state index < -0.39 is 0 Å². The highest BCUT2D eigenvalue weighted by atomic mass is 16.5. The number of nitrogens with zero attached hydrogens (tertiary/aromatic N) is 2. The molecule has 1 atom stereocenters. The van der Waals surface area contributed by atoms with E-state index in [9.17, 15) is 0 Å². The van der Waals surface area contributed by atoms with E-state index in [4.69, 9.17) is 4.74 Å². The molecule has 2 rings (SSSR count). The lowest BCUT2D eigenvalue weighted by Crippen LogP contribution is -2.29. The van der Waals surface area contributed by atoms with Crippen molar-refractivity contribution in [3.8, 4) is 0 Å². The molecule has 0 aliphatic carbocycles. The zero-order valence-electron chi connectivity index (χ0n) is 9.28. The number of aromatic nitrogens is 2. The lowest BCUT2D eigenvalue weighted by molar-refractivity contribution is 0.189. The van der Waals surface area contributed by atoms with E-state index in [1.165, 1.54) is 5.69 Å². The van der Waals surface area contributed by atoms with Gasteiger partial charge in [0, 0.05) is 31.9 Å². The van der Waals surface area contributed by atoms with Gasteiger partial charge in [-0.25, -0.2) is 0 Å². The largest absolute Gasteiger partial charge is 0.380 e. The molecule has 1 aromatic rings. The van der Waals surface area contributed by atoms with Gasteiger partial charge in [0.25, 0.3) is 0 Å². The van der Waals surface area contributed by atoms with Crippen LogP contribution in [-0.2, 0) is 17.8 Å². The first-order valence-electron chi connectivity index (χ1n) is 5.72. The summed E-state index contributed by atoms with van der Waals surface area (Å²) < 4.78 is 7.39. The molecule has 84 valence electrons. The topological polar surface area (TPSA) is 39.1 Å². The van der Waals surface area contributed by atoms with Gasteiger partial charge in [-0.2, -0.15) is 5.10 Å². The fourth-order valence-electron chi connectivity index (χ4n) is 1.87. The van der Waals surface area contributed by atoms with Crippen LogP contribution in [0.4, 0.5) is 0 Å². The van der Waals surface area contributed by atoms with Crippen molar-refractivity contribution >= 4 is 0 Å². The smallest absolute Gasteiger partial charge is 0.0620 e. The number of aryl methyl sites for hydroxylation is 1. The van der Waals surface area contributed by atoms with Gasteiger partial charge in [0.15, 0.2) is 0 Å². The van der Waals surface area contributed by atoms with E-state index >= 15 is 0 Å². The predicted octanol–water partition coefficient (Wildman–Crippen LogP) is 1.17. The van der Waals surface area contributed by atoms with E-state index in [0.29, 0.717) is 6.04 Å². The summed E-state index contributed by atoms with van der Waals surface area (Å²) >= 11 is 0. The summed E-state index contributed by atoms with van der Waals surface area (Å²) in [5.74, 6) is 0. The second-order valence-corrected chi connectivity index (χ2v) is 3.99. The molecule has 0 amide bonds. The monoisotopic (exact) mass is 209 g/mol. The summed E-state index contributed by atoms with van der Waals surface area (Å²) in [5.41, 5.74) is 1.27. The fraction of sp³-hybridized carbons (Fsp3) is 0.727. The van der Waals surface area contributed by atoms with Crippen LogP contribution in [0.25, 0.3) is 0 Å². The third kappa shape index (κ3) is 2.79. The summed E-state index contributed by atoms with van der Waals surface area (Å²) in [4.78, 5) is 0. The average Bonchev–Trinajstić information content (AvgIpc) is 2.85. The molecule has 0 aromatic carbocycles. The molecule has 4 nitrogen and oxygen atoms in total. The van der Waals surface area contributed by atoms with Crippen LogP contribution in [-0.4, -0.2) is 29.0 Å². The van der Waals surface area contributed by atoms with Crippen LogP contribution in [0.15, 0.2) is 12.3 Å². The second kappa shape index (κ2) is 5.28. The van der Waals surface area contributed by atoms with Crippen molar-refractivity contribution in [1.82, 2.24) is 15.1 Å². The van der Waals surface area contributed by atoms with Crippen LogP contribution < -0.4 is 5.32 Å². The molecule has 4 heteroatoms. The van der Waals surface area contributed by atoms with Crippen molar-refractivity contribution in [2.24, 2.45) is 0 Å². The summed E-state index contributed by atoms with van der Waals surface area (Å²) in [5, 5.41) is 7.79. The Balaban J connectivity index is 1.83. The minimum Gasteiger partial charge on any atom is -0.380 e. The van der Waals surface area contributed by atoms with Gasteiger partial charge in [-0.05, 0) is 18.9 Å². The SMILES string of the molecule is CCCn1nccc1CNC1CCOC1. The van der Waals surface area contributed by atoms with Gasteiger partial charge in [-0.3, -0.25) is 4.68 Å². The van der Waals surface area contributed by atoms with Crippen molar-refractivity contribution in [2.45, 2.75) is 38.9 Å². The molecule has 0 bridgehead atoms. The molecule has 0 radical (unpaired) electrons. The van der Waals surface area contributed by atoms with Gasteiger partial charge in [-0.15, -0.1) is 0 Å². The van der Waals surface area contributed by atoms with Crippen molar-refractivity contribution in [2.75, 3.05) is 13.2 Å². The maximum absolute atomic E-state index is 5.32. The maximum atomic E-state index is 5.32. The standard InChI is InChI=1S/C11H19N3O/c1-2-6-14-11(3-5-13-14)8-12-10-4-7-15-9-10/h3,5,10,12H,2,4,6-9H2,1H3. The van der Waals surface area contributed by atoms with Crippen molar-refractivity contribution in [1.29, 1.82) is 0 Å². The van der Waals surface area contributed by atoms with Gasteiger partial charge < -0.3 is 10.1 Å². The van der Waals surface area contributed by atoms with Crippen LogP contribution in [0.5, 0.6) is 0 Å². The third-order valence-corrected chi connectivity index (χ3v) is 2.74. The number of ether oxygens (including phenoxy) is 1. The second-order valence-electron chi connectivity index (χ2n) is 3.99. The van der Waals surface area contributed by atoms with Crippen molar-refractivity contribution < 1.29 is 4.74 Å². The molecule has 0 saturated carbocycles. The molecule has 1 unspecified atom stereocenters. The van der Waals surface area contributed by atoms with Crippen molar-refractivity contribution in [3.05, 3.63) is 18.0 Å². The third-order valence-electron chi connectivity index (χ3n) is 2.74. The number of hydrogen-bond acceptors (Lipinski definition) is 3. The van der Waals surface area contributed by atoms with Crippen LogP contribution in [0.3, 0.4) is 0 Å². The average molecular weight is 209 g/mol. The number of nitrogens with one attached hydrogen (secondary N) is 1. The maximum Gasteiger partial charge on any atom is 0.0620 e. The van der Waals surface area contributed by atoms with Gasteiger partial charge in [0.05, 0.1) is 12.3 Å². The molecular weight excluding hydrogens is 190 g/mol. The molecule has 15 heavy (non-hydrogen) atoms. The Kier molecular flexibility index (Phi) is 3.75. The molecule has 1 aliphatic heterocycles. The number of hydrogen-bond donors (Lipinski definition) is 1. The highest BCUT2D eigenvalue weighted by molar-refractivity contribution is 5.00. The van der Waals surface area contributed by atoms with Crippen LogP contribution in [0, 0.1) is 0 Å². The van der Waals surface area contributed by atoms with Gasteiger partial charge in [0.2, 0.25) is 0 Å². The first kappa shape index (κ1) is 10.6.